The van der Waals surface area contributed by atoms with Crippen molar-refractivity contribution in [2.24, 2.45) is 17.8 Å². The lowest BCUT2D eigenvalue weighted by atomic mass is 10.1. The molecule has 19 heavy (non-hydrogen) atoms. The minimum atomic E-state index is -0.882. The van der Waals surface area contributed by atoms with Gasteiger partial charge in [-0.1, -0.05) is 13.8 Å². The van der Waals surface area contributed by atoms with E-state index in [1.807, 2.05) is 13.8 Å². The number of hydrogen-bond donors (Lipinski definition) is 1. The highest BCUT2D eigenvalue weighted by Gasteiger charge is 2.50. The van der Waals surface area contributed by atoms with E-state index in [9.17, 15) is 14.4 Å². The highest BCUT2D eigenvalue weighted by atomic mass is 16.4. The Morgan fingerprint density at radius 3 is 1.95 bits per heavy atom. The Kier molecular flexibility index (Phi) is 3.78. The first-order valence-corrected chi connectivity index (χ1v) is 6.72. The number of carbonyl (C=O) groups is 3. The van der Waals surface area contributed by atoms with E-state index in [-0.39, 0.29) is 23.7 Å². The van der Waals surface area contributed by atoms with E-state index in [0.29, 0.717) is 32.6 Å². The summed E-state index contributed by atoms with van der Waals surface area (Å²) >= 11 is 0. The van der Waals surface area contributed by atoms with Crippen LogP contribution >= 0.6 is 0 Å². The molecule has 1 saturated heterocycles. The standard InChI is InChI=1S/C13H20N2O4/c1-8(2)11(16)14-3-5-15(6-4-14)12(17)9-7-10(9)13(18)19/h8-10H,3-7H2,1-2H3,(H,18,19)/t9-,10+/m1/s1. The van der Waals surface area contributed by atoms with Crippen molar-refractivity contribution in [3.05, 3.63) is 0 Å². The summed E-state index contributed by atoms with van der Waals surface area (Å²) in [6, 6.07) is 0. The predicted octanol–water partition coefficient (Wildman–Crippen LogP) is 0.0339. The topological polar surface area (TPSA) is 77.9 Å². The lowest BCUT2D eigenvalue weighted by Crippen LogP contribution is -2.52. The molecule has 0 aromatic heterocycles. The number of rotatable bonds is 3. The number of carboxylic acid groups (broad SMARTS) is 1. The van der Waals surface area contributed by atoms with Crippen LogP contribution in [0.1, 0.15) is 20.3 Å². The van der Waals surface area contributed by atoms with Gasteiger partial charge in [0.05, 0.1) is 11.8 Å². The predicted molar refractivity (Wildman–Crippen MR) is 67.2 cm³/mol. The van der Waals surface area contributed by atoms with Gasteiger partial charge in [0.25, 0.3) is 0 Å². The van der Waals surface area contributed by atoms with Crippen molar-refractivity contribution in [1.29, 1.82) is 0 Å². The fraction of sp³-hybridized carbons (Fsp3) is 0.769. The van der Waals surface area contributed by atoms with Crippen LogP contribution in [0.4, 0.5) is 0 Å². The lowest BCUT2D eigenvalue weighted by Gasteiger charge is -2.35. The summed E-state index contributed by atoms with van der Waals surface area (Å²) in [5.74, 6) is -1.70. The molecule has 0 bridgehead atoms. The smallest absolute Gasteiger partial charge is 0.307 e. The number of amides is 2. The molecule has 1 saturated carbocycles. The summed E-state index contributed by atoms with van der Waals surface area (Å²) in [6.07, 6.45) is 0.458. The van der Waals surface area contributed by atoms with Gasteiger partial charge >= 0.3 is 5.97 Å². The zero-order chi connectivity index (χ0) is 14.2. The lowest BCUT2D eigenvalue weighted by molar-refractivity contribution is -0.144. The van der Waals surface area contributed by atoms with Crippen LogP contribution in [0.2, 0.25) is 0 Å². The maximum Gasteiger partial charge on any atom is 0.307 e. The molecule has 0 spiro atoms. The molecule has 2 fully saturated rings. The highest BCUT2D eigenvalue weighted by Crippen LogP contribution is 2.40. The Labute approximate surface area is 112 Å². The zero-order valence-corrected chi connectivity index (χ0v) is 11.3. The SMILES string of the molecule is CC(C)C(=O)N1CCN(C(=O)[C@@H]2C[C@@H]2C(=O)O)CC1. The Hall–Kier alpha value is -1.59. The third-order valence-electron chi connectivity index (χ3n) is 3.82. The van der Waals surface area contributed by atoms with Gasteiger partial charge in [0.15, 0.2) is 0 Å². The van der Waals surface area contributed by atoms with Crippen molar-refractivity contribution in [2.45, 2.75) is 20.3 Å². The van der Waals surface area contributed by atoms with Crippen LogP contribution in [0.15, 0.2) is 0 Å². The Morgan fingerprint density at radius 2 is 1.53 bits per heavy atom. The van der Waals surface area contributed by atoms with Gasteiger partial charge in [-0.05, 0) is 6.42 Å². The Bertz CT molecular complexity index is 399. The summed E-state index contributed by atoms with van der Waals surface area (Å²) in [6.45, 7) is 5.85. The van der Waals surface area contributed by atoms with Crippen molar-refractivity contribution in [2.75, 3.05) is 26.2 Å². The minimum Gasteiger partial charge on any atom is -0.481 e. The Balaban J connectivity index is 1.82. The van der Waals surface area contributed by atoms with Crippen LogP contribution in [0.25, 0.3) is 0 Å². The number of piperazine rings is 1. The van der Waals surface area contributed by atoms with Crippen LogP contribution in [-0.4, -0.2) is 58.9 Å². The van der Waals surface area contributed by atoms with E-state index in [1.54, 1.807) is 9.80 Å². The average Bonchev–Trinajstić information content (AvgIpc) is 3.17. The molecule has 6 nitrogen and oxygen atoms in total. The number of nitrogens with zero attached hydrogens (tertiary/aromatic N) is 2. The second-order valence-electron chi connectivity index (χ2n) is 5.59. The van der Waals surface area contributed by atoms with Crippen LogP contribution < -0.4 is 0 Å². The zero-order valence-electron chi connectivity index (χ0n) is 11.3. The molecule has 0 unspecified atom stereocenters. The molecule has 0 aromatic rings. The van der Waals surface area contributed by atoms with Gasteiger partial charge in [-0.15, -0.1) is 0 Å². The number of hydrogen-bond acceptors (Lipinski definition) is 3. The summed E-state index contributed by atoms with van der Waals surface area (Å²) in [4.78, 5) is 38.1. The molecule has 0 aromatic carbocycles. The molecular weight excluding hydrogens is 248 g/mol. The van der Waals surface area contributed by atoms with E-state index in [4.69, 9.17) is 5.11 Å². The van der Waals surface area contributed by atoms with Crippen LogP contribution in [-0.2, 0) is 14.4 Å². The van der Waals surface area contributed by atoms with E-state index in [2.05, 4.69) is 0 Å². The maximum atomic E-state index is 12.0. The van der Waals surface area contributed by atoms with Crippen LogP contribution in [0.3, 0.4) is 0 Å². The van der Waals surface area contributed by atoms with Crippen molar-refractivity contribution in [3.8, 4) is 0 Å². The second-order valence-corrected chi connectivity index (χ2v) is 5.59. The molecule has 2 atom stereocenters. The first-order valence-electron chi connectivity index (χ1n) is 6.72. The van der Waals surface area contributed by atoms with Crippen molar-refractivity contribution < 1.29 is 19.5 Å². The largest absolute Gasteiger partial charge is 0.481 e. The molecule has 0 radical (unpaired) electrons. The highest BCUT2D eigenvalue weighted by molar-refractivity contribution is 5.89. The second kappa shape index (κ2) is 5.19. The van der Waals surface area contributed by atoms with Gasteiger partial charge in [-0.2, -0.15) is 0 Å². The van der Waals surface area contributed by atoms with Gasteiger partial charge in [0, 0.05) is 32.1 Å². The van der Waals surface area contributed by atoms with Gasteiger partial charge in [0.1, 0.15) is 0 Å². The minimum absolute atomic E-state index is 0.0259. The normalized spacial score (nSPS) is 26.5. The van der Waals surface area contributed by atoms with Crippen molar-refractivity contribution >= 4 is 17.8 Å². The molecule has 1 aliphatic heterocycles. The molecule has 2 rings (SSSR count). The fourth-order valence-corrected chi connectivity index (χ4v) is 2.49. The third-order valence-corrected chi connectivity index (χ3v) is 3.82. The molecule has 1 N–H and O–H groups in total. The Morgan fingerprint density at radius 1 is 1.00 bits per heavy atom. The van der Waals surface area contributed by atoms with Crippen molar-refractivity contribution in [3.63, 3.8) is 0 Å². The van der Waals surface area contributed by atoms with E-state index in [1.165, 1.54) is 0 Å². The van der Waals surface area contributed by atoms with Crippen LogP contribution in [0.5, 0.6) is 0 Å². The van der Waals surface area contributed by atoms with Gasteiger partial charge in [0.2, 0.25) is 11.8 Å². The molecule has 2 amide bonds. The van der Waals surface area contributed by atoms with Gasteiger partial charge in [-0.3, -0.25) is 14.4 Å². The molecule has 1 heterocycles. The fourth-order valence-electron chi connectivity index (χ4n) is 2.49. The molecule has 1 aliphatic carbocycles. The number of carboxylic acids is 1. The molecule has 6 heteroatoms. The van der Waals surface area contributed by atoms with Crippen molar-refractivity contribution in [1.82, 2.24) is 9.80 Å². The first kappa shape index (κ1) is 13.8. The summed E-state index contributed by atoms with van der Waals surface area (Å²) in [7, 11) is 0. The maximum absolute atomic E-state index is 12.0. The summed E-state index contributed by atoms with van der Waals surface area (Å²) in [5, 5.41) is 8.82. The summed E-state index contributed by atoms with van der Waals surface area (Å²) in [5.41, 5.74) is 0. The third kappa shape index (κ3) is 2.88. The molecular formula is C13H20N2O4. The monoisotopic (exact) mass is 268 g/mol. The number of carbonyl (C=O) groups excluding carboxylic acids is 2. The van der Waals surface area contributed by atoms with Gasteiger partial charge in [-0.25, -0.2) is 0 Å². The van der Waals surface area contributed by atoms with Crippen LogP contribution in [0, 0.1) is 17.8 Å². The quantitative estimate of drug-likeness (QED) is 0.783. The number of aliphatic carboxylic acids is 1. The van der Waals surface area contributed by atoms with Gasteiger partial charge < -0.3 is 14.9 Å². The summed E-state index contributed by atoms with van der Waals surface area (Å²) < 4.78 is 0. The molecule has 2 aliphatic rings. The average molecular weight is 268 g/mol. The van der Waals surface area contributed by atoms with E-state index >= 15 is 0 Å². The van der Waals surface area contributed by atoms with E-state index < -0.39 is 11.9 Å². The first-order chi connectivity index (χ1) is 8.91. The molecule has 106 valence electrons. The van der Waals surface area contributed by atoms with E-state index in [0.717, 1.165) is 0 Å².